The van der Waals surface area contributed by atoms with Crippen molar-refractivity contribution in [3.63, 3.8) is 0 Å². The lowest BCUT2D eigenvalue weighted by molar-refractivity contribution is 0.0938. The zero-order valence-corrected chi connectivity index (χ0v) is 13.0. The van der Waals surface area contributed by atoms with Crippen molar-refractivity contribution in [3.05, 3.63) is 64.2 Å². The van der Waals surface area contributed by atoms with Crippen molar-refractivity contribution >= 4 is 29.2 Å². The molecule has 0 saturated heterocycles. The van der Waals surface area contributed by atoms with E-state index < -0.39 is 11.9 Å². The number of carbonyl (C=O) groups excluding carboxylic acids is 2. The average Bonchev–Trinajstić information content (AvgIpc) is 2.48. The van der Waals surface area contributed by atoms with Crippen LogP contribution in [0.3, 0.4) is 0 Å². The second-order valence-electron chi connectivity index (χ2n) is 4.86. The third kappa shape index (κ3) is 4.23. The average molecular weight is 318 g/mol. The third-order valence-electron chi connectivity index (χ3n) is 3.03. The molecule has 2 aromatic carbocycles. The van der Waals surface area contributed by atoms with Crippen molar-refractivity contribution in [2.75, 3.05) is 5.32 Å². The minimum absolute atomic E-state index is 0.399. The van der Waals surface area contributed by atoms with Crippen molar-refractivity contribution in [2.24, 2.45) is 0 Å². The maximum Gasteiger partial charge on any atom is 0.337 e. The lowest BCUT2D eigenvalue weighted by atomic mass is 10.1. The summed E-state index contributed by atoms with van der Waals surface area (Å²) in [5.41, 5.74) is 7.77. The van der Waals surface area contributed by atoms with Gasteiger partial charge in [-0.15, -0.1) is 0 Å². The number of hydrazine groups is 1. The van der Waals surface area contributed by atoms with Crippen LogP contribution in [0.4, 0.5) is 10.5 Å². The highest BCUT2D eigenvalue weighted by Crippen LogP contribution is 2.15. The van der Waals surface area contributed by atoms with E-state index in [0.29, 0.717) is 16.3 Å². The van der Waals surface area contributed by atoms with Crippen molar-refractivity contribution in [1.82, 2.24) is 10.9 Å². The van der Waals surface area contributed by atoms with Gasteiger partial charge in [-0.05, 0) is 49.7 Å². The van der Waals surface area contributed by atoms with Crippen LogP contribution in [0.2, 0.25) is 5.02 Å². The lowest BCUT2D eigenvalue weighted by Crippen LogP contribution is -2.44. The molecule has 0 atom stereocenters. The molecule has 0 radical (unpaired) electrons. The van der Waals surface area contributed by atoms with Gasteiger partial charge in [0, 0.05) is 16.3 Å². The molecule has 0 aromatic heterocycles. The smallest absolute Gasteiger partial charge is 0.306 e. The first-order valence-electron chi connectivity index (χ1n) is 6.66. The normalized spacial score (nSPS) is 9.95. The first-order valence-corrected chi connectivity index (χ1v) is 7.03. The van der Waals surface area contributed by atoms with Crippen LogP contribution < -0.4 is 16.2 Å². The number of halogens is 1. The predicted molar refractivity (Wildman–Crippen MR) is 87.0 cm³/mol. The van der Waals surface area contributed by atoms with Crippen LogP contribution in [-0.4, -0.2) is 11.9 Å². The Morgan fingerprint density at radius 3 is 2.27 bits per heavy atom. The summed E-state index contributed by atoms with van der Waals surface area (Å²) < 4.78 is 0. The van der Waals surface area contributed by atoms with Gasteiger partial charge in [-0.3, -0.25) is 10.2 Å². The Bertz CT molecular complexity index is 699. The summed E-state index contributed by atoms with van der Waals surface area (Å²) in [7, 11) is 0. The molecule has 114 valence electrons. The van der Waals surface area contributed by atoms with Gasteiger partial charge in [0.25, 0.3) is 5.91 Å². The van der Waals surface area contributed by atoms with Crippen LogP contribution in [-0.2, 0) is 0 Å². The summed E-state index contributed by atoms with van der Waals surface area (Å²) in [6.07, 6.45) is 0. The summed E-state index contributed by atoms with van der Waals surface area (Å²) in [4.78, 5) is 23.6. The van der Waals surface area contributed by atoms with E-state index in [0.717, 1.165) is 11.1 Å². The van der Waals surface area contributed by atoms with Gasteiger partial charge >= 0.3 is 6.03 Å². The second-order valence-corrected chi connectivity index (χ2v) is 5.29. The molecule has 0 aliphatic carbocycles. The van der Waals surface area contributed by atoms with Crippen molar-refractivity contribution < 1.29 is 9.59 Å². The molecular formula is C16H16ClN3O2. The molecule has 0 spiro atoms. The monoisotopic (exact) mass is 317 g/mol. The topological polar surface area (TPSA) is 70.2 Å². The quantitative estimate of drug-likeness (QED) is 0.743. The highest BCUT2D eigenvalue weighted by atomic mass is 35.5. The molecule has 22 heavy (non-hydrogen) atoms. The Balaban J connectivity index is 1.89. The molecule has 0 saturated carbocycles. The van der Waals surface area contributed by atoms with E-state index in [1.807, 2.05) is 32.0 Å². The Hall–Kier alpha value is -2.53. The number of hydrogen-bond donors (Lipinski definition) is 3. The fourth-order valence-corrected chi connectivity index (χ4v) is 2.02. The van der Waals surface area contributed by atoms with Gasteiger partial charge in [0.2, 0.25) is 0 Å². The molecular weight excluding hydrogens is 302 g/mol. The molecule has 2 rings (SSSR count). The lowest BCUT2D eigenvalue weighted by Gasteiger charge is -2.11. The van der Waals surface area contributed by atoms with E-state index in [1.165, 1.54) is 0 Å². The van der Waals surface area contributed by atoms with E-state index in [-0.39, 0.29) is 0 Å². The molecule has 5 nitrogen and oxygen atoms in total. The highest BCUT2D eigenvalue weighted by Gasteiger charge is 2.08. The number of hydrogen-bond acceptors (Lipinski definition) is 2. The molecule has 0 aliphatic rings. The highest BCUT2D eigenvalue weighted by molar-refractivity contribution is 6.30. The van der Waals surface area contributed by atoms with Gasteiger partial charge in [-0.1, -0.05) is 29.3 Å². The van der Waals surface area contributed by atoms with Crippen LogP contribution in [0.15, 0.2) is 42.5 Å². The van der Waals surface area contributed by atoms with Gasteiger partial charge in [0.1, 0.15) is 0 Å². The zero-order chi connectivity index (χ0) is 16.1. The number of amides is 3. The van der Waals surface area contributed by atoms with Gasteiger partial charge in [0.05, 0.1) is 0 Å². The molecule has 0 heterocycles. The number of nitrogens with one attached hydrogen (secondary N) is 3. The predicted octanol–water partition coefficient (Wildman–Crippen LogP) is 3.42. The van der Waals surface area contributed by atoms with E-state index in [1.54, 1.807) is 24.3 Å². The maximum atomic E-state index is 11.8. The van der Waals surface area contributed by atoms with Crippen LogP contribution in [0, 0.1) is 13.8 Å². The van der Waals surface area contributed by atoms with Gasteiger partial charge < -0.3 is 5.32 Å². The van der Waals surface area contributed by atoms with Crippen LogP contribution >= 0.6 is 11.6 Å². The summed E-state index contributed by atoms with van der Waals surface area (Å²) in [5, 5.41) is 3.21. The minimum atomic E-state index is -0.519. The van der Waals surface area contributed by atoms with Crippen LogP contribution in [0.25, 0.3) is 0 Å². The van der Waals surface area contributed by atoms with E-state index in [9.17, 15) is 9.59 Å². The minimum Gasteiger partial charge on any atom is -0.306 e. The SMILES string of the molecule is Cc1ccc(NC(=O)NNC(=O)c2ccc(Cl)cc2)c(C)c1. The van der Waals surface area contributed by atoms with Crippen molar-refractivity contribution in [2.45, 2.75) is 13.8 Å². The van der Waals surface area contributed by atoms with Crippen molar-refractivity contribution in [1.29, 1.82) is 0 Å². The van der Waals surface area contributed by atoms with E-state index in [4.69, 9.17) is 11.6 Å². The summed E-state index contributed by atoms with van der Waals surface area (Å²) in [6, 6.07) is 11.5. The molecule has 0 bridgehead atoms. The summed E-state index contributed by atoms with van der Waals surface area (Å²) in [6.45, 7) is 3.87. The van der Waals surface area contributed by atoms with Crippen molar-refractivity contribution in [3.8, 4) is 0 Å². The number of aryl methyl sites for hydroxylation is 2. The largest absolute Gasteiger partial charge is 0.337 e. The Kier molecular flexibility index (Phi) is 5.01. The molecule has 3 amide bonds. The number of urea groups is 1. The molecule has 0 unspecified atom stereocenters. The number of carbonyl (C=O) groups is 2. The van der Waals surface area contributed by atoms with E-state index >= 15 is 0 Å². The first kappa shape index (κ1) is 15.9. The fraction of sp³-hybridized carbons (Fsp3) is 0.125. The molecule has 0 fully saturated rings. The van der Waals surface area contributed by atoms with Gasteiger partial charge in [-0.25, -0.2) is 10.2 Å². The Morgan fingerprint density at radius 1 is 0.955 bits per heavy atom. The van der Waals surface area contributed by atoms with Crippen LogP contribution in [0.5, 0.6) is 0 Å². The second kappa shape index (κ2) is 6.95. The molecule has 2 aromatic rings. The zero-order valence-electron chi connectivity index (χ0n) is 12.2. The van der Waals surface area contributed by atoms with Gasteiger partial charge in [-0.2, -0.15) is 0 Å². The molecule has 6 heteroatoms. The molecule has 3 N–H and O–H groups in total. The maximum absolute atomic E-state index is 11.8. The summed E-state index contributed by atoms with van der Waals surface area (Å²) >= 11 is 5.75. The third-order valence-corrected chi connectivity index (χ3v) is 3.28. The molecule has 0 aliphatic heterocycles. The number of benzene rings is 2. The first-order chi connectivity index (χ1) is 10.5. The summed E-state index contributed by atoms with van der Waals surface area (Å²) in [5.74, 6) is -0.424. The fourth-order valence-electron chi connectivity index (χ4n) is 1.89. The number of anilines is 1. The van der Waals surface area contributed by atoms with E-state index in [2.05, 4.69) is 16.2 Å². The van der Waals surface area contributed by atoms with Crippen LogP contribution in [0.1, 0.15) is 21.5 Å². The Morgan fingerprint density at radius 2 is 1.64 bits per heavy atom. The Labute approximate surface area is 133 Å². The van der Waals surface area contributed by atoms with Gasteiger partial charge in [0.15, 0.2) is 0 Å². The standard InChI is InChI=1S/C16H16ClN3O2/c1-10-3-8-14(11(2)9-10)18-16(22)20-19-15(21)12-4-6-13(17)7-5-12/h3-9H,1-2H3,(H,19,21)(H2,18,20,22). The number of rotatable bonds is 2.